The fourth-order valence-electron chi connectivity index (χ4n) is 1.30. The van der Waals surface area contributed by atoms with Crippen LogP contribution in [0.5, 0.6) is 0 Å². The van der Waals surface area contributed by atoms with Crippen molar-refractivity contribution < 1.29 is 19.0 Å². The zero-order chi connectivity index (χ0) is 13.4. The number of hydrogen-bond acceptors (Lipinski definition) is 3. The lowest BCUT2D eigenvalue weighted by Gasteiger charge is -2.16. The molecule has 1 aromatic carbocycles. The molecule has 0 spiro atoms. The summed E-state index contributed by atoms with van der Waals surface area (Å²) in [5.74, 6) is -1.42. The predicted molar refractivity (Wildman–Crippen MR) is 61.6 cm³/mol. The normalized spacial score (nSPS) is 13.4. The molecule has 1 N–H and O–H groups in total. The summed E-state index contributed by atoms with van der Waals surface area (Å²) >= 11 is 0. The third-order valence-electron chi connectivity index (χ3n) is 2.16. The minimum Gasteiger partial charge on any atom is -0.479 e. The van der Waals surface area contributed by atoms with Gasteiger partial charge in [0.1, 0.15) is 6.17 Å². The van der Waals surface area contributed by atoms with Gasteiger partial charge in [-0.05, 0) is 11.1 Å². The second kappa shape index (κ2) is 7.26. The largest absolute Gasteiger partial charge is 0.479 e. The fourth-order valence-corrected chi connectivity index (χ4v) is 1.30. The smallest absolute Gasteiger partial charge is 0.335 e. The molecule has 0 unspecified atom stereocenters. The number of ether oxygens (including phenoxy) is 1. The molecule has 0 bridgehead atoms. The summed E-state index contributed by atoms with van der Waals surface area (Å²) < 4.78 is 18.4. The van der Waals surface area contributed by atoms with E-state index in [1.54, 1.807) is 30.3 Å². The molecular formula is C11H12FN3O3. The third-order valence-corrected chi connectivity index (χ3v) is 2.16. The first-order chi connectivity index (χ1) is 8.65. The van der Waals surface area contributed by atoms with Gasteiger partial charge in [-0.2, -0.15) is 0 Å². The number of aliphatic carboxylic acids is 1. The predicted octanol–water partition coefficient (Wildman–Crippen LogP) is 2.30. The number of carboxylic acids is 1. The van der Waals surface area contributed by atoms with E-state index in [4.69, 9.17) is 15.4 Å². The van der Waals surface area contributed by atoms with Gasteiger partial charge in [0, 0.05) is 4.91 Å². The van der Waals surface area contributed by atoms with E-state index in [9.17, 15) is 9.18 Å². The molecule has 96 valence electrons. The Kier molecular flexibility index (Phi) is 5.63. The number of alkyl halides is 1. The second-order valence-corrected chi connectivity index (χ2v) is 3.48. The van der Waals surface area contributed by atoms with Crippen molar-refractivity contribution in [2.75, 3.05) is 6.54 Å². The monoisotopic (exact) mass is 253 g/mol. The van der Waals surface area contributed by atoms with E-state index in [2.05, 4.69) is 10.0 Å². The molecule has 1 aromatic rings. The molecule has 0 aliphatic carbocycles. The fraction of sp³-hybridized carbons (Fsp3) is 0.364. The van der Waals surface area contributed by atoms with Gasteiger partial charge in [0.05, 0.1) is 13.2 Å². The van der Waals surface area contributed by atoms with Gasteiger partial charge in [-0.15, -0.1) is 0 Å². The maximum Gasteiger partial charge on any atom is 0.335 e. The van der Waals surface area contributed by atoms with Crippen LogP contribution in [0.1, 0.15) is 5.56 Å². The van der Waals surface area contributed by atoms with E-state index in [1.807, 2.05) is 0 Å². The lowest BCUT2D eigenvalue weighted by molar-refractivity contribution is -0.155. The van der Waals surface area contributed by atoms with Crippen LogP contribution in [0.3, 0.4) is 0 Å². The Labute approximate surface area is 103 Å². The molecule has 0 heterocycles. The Hall–Kier alpha value is -2.11. The summed E-state index contributed by atoms with van der Waals surface area (Å²) in [4.78, 5) is 13.2. The topological polar surface area (TPSA) is 95.3 Å². The molecule has 6 nitrogen and oxygen atoms in total. The van der Waals surface area contributed by atoms with Gasteiger partial charge in [0.25, 0.3) is 0 Å². The van der Waals surface area contributed by atoms with E-state index < -0.39 is 24.8 Å². The van der Waals surface area contributed by atoms with E-state index in [0.717, 1.165) is 5.56 Å². The molecule has 0 aliphatic rings. The molecule has 0 saturated carbocycles. The first-order valence-corrected chi connectivity index (χ1v) is 5.18. The number of halogens is 1. The van der Waals surface area contributed by atoms with Crippen LogP contribution in [0, 0.1) is 0 Å². The summed E-state index contributed by atoms with van der Waals surface area (Å²) in [6.07, 6.45) is -3.52. The number of hydrogen-bond donors (Lipinski definition) is 1. The molecule has 0 aromatic heterocycles. The van der Waals surface area contributed by atoms with E-state index in [1.165, 1.54) is 0 Å². The van der Waals surface area contributed by atoms with Crippen molar-refractivity contribution in [3.63, 3.8) is 0 Å². The zero-order valence-electron chi connectivity index (χ0n) is 9.44. The van der Waals surface area contributed by atoms with Crippen LogP contribution in [0.2, 0.25) is 0 Å². The first-order valence-electron chi connectivity index (χ1n) is 5.18. The van der Waals surface area contributed by atoms with Crippen LogP contribution in [0.15, 0.2) is 35.4 Å². The summed E-state index contributed by atoms with van der Waals surface area (Å²) in [6, 6.07) is 8.81. The highest BCUT2D eigenvalue weighted by atomic mass is 19.1. The van der Waals surface area contributed by atoms with Crippen LogP contribution in [0.4, 0.5) is 4.39 Å². The standard InChI is InChI=1S/C11H12FN3O3/c12-9(6-14-15-13)10(11(16)17)18-7-8-4-2-1-3-5-8/h1-5,9-10H,6-7H2,(H,16,17)/t9-,10+/m1/s1. The second-order valence-electron chi connectivity index (χ2n) is 3.48. The number of rotatable bonds is 7. The van der Waals surface area contributed by atoms with E-state index in [0.29, 0.717) is 0 Å². The summed E-state index contributed by atoms with van der Waals surface area (Å²) in [5, 5.41) is 11.8. The van der Waals surface area contributed by atoms with Gasteiger partial charge in [-0.25, -0.2) is 9.18 Å². The van der Waals surface area contributed by atoms with Gasteiger partial charge in [-0.3, -0.25) is 0 Å². The van der Waals surface area contributed by atoms with Crippen LogP contribution in [-0.2, 0) is 16.1 Å². The van der Waals surface area contributed by atoms with Crippen molar-refractivity contribution in [1.29, 1.82) is 0 Å². The highest BCUT2D eigenvalue weighted by Crippen LogP contribution is 2.10. The Morgan fingerprint density at radius 2 is 2.17 bits per heavy atom. The molecule has 0 radical (unpaired) electrons. The van der Waals surface area contributed by atoms with Crippen LogP contribution >= 0.6 is 0 Å². The van der Waals surface area contributed by atoms with Crippen molar-refractivity contribution in [2.24, 2.45) is 5.11 Å². The third kappa shape index (κ3) is 4.40. The minimum atomic E-state index is -1.87. The minimum absolute atomic E-state index is 0.0194. The van der Waals surface area contributed by atoms with Gasteiger partial charge < -0.3 is 9.84 Å². The molecule has 2 atom stereocenters. The lowest BCUT2D eigenvalue weighted by Crippen LogP contribution is -2.35. The SMILES string of the molecule is [N-]=[N+]=NC[C@@H](F)[C@H](OCc1ccccc1)C(=O)O. The molecule has 0 aliphatic heterocycles. The molecule has 7 heteroatoms. The number of nitrogens with zero attached hydrogens (tertiary/aromatic N) is 3. The van der Waals surface area contributed by atoms with Crippen LogP contribution < -0.4 is 0 Å². The maximum absolute atomic E-state index is 13.4. The number of azide groups is 1. The number of carbonyl (C=O) groups is 1. The summed E-state index contributed by atoms with van der Waals surface area (Å²) in [7, 11) is 0. The summed E-state index contributed by atoms with van der Waals surface area (Å²) in [6.45, 7) is -0.587. The molecule has 0 saturated heterocycles. The van der Waals surface area contributed by atoms with Gasteiger partial charge in [0.15, 0.2) is 6.10 Å². The number of carboxylic acid groups (broad SMARTS) is 1. The average Bonchev–Trinajstić information content (AvgIpc) is 2.37. The van der Waals surface area contributed by atoms with E-state index >= 15 is 0 Å². The van der Waals surface area contributed by atoms with E-state index in [-0.39, 0.29) is 6.61 Å². The molecule has 18 heavy (non-hydrogen) atoms. The first kappa shape index (κ1) is 14.0. The highest BCUT2D eigenvalue weighted by Gasteiger charge is 2.28. The van der Waals surface area contributed by atoms with Crippen molar-refractivity contribution in [1.82, 2.24) is 0 Å². The Balaban J connectivity index is 2.58. The average molecular weight is 253 g/mol. The van der Waals surface area contributed by atoms with Crippen LogP contribution in [0.25, 0.3) is 10.4 Å². The molecular weight excluding hydrogens is 241 g/mol. The Morgan fingerprint density at radius 3 is 2.72 bits per heavy atom. The molecule has 0 fully saturated rings. The van der Waals surface area contributed by atoms with Gasteiger partial charge in [0.2, 0.25) is 0 Å². The van der Waals surface area contributed by atoms with Crippen molar-refractivity contribution in [2.45, 2.75) is 18.9 Å². The Bertz CT molecular complexity index is 434. The Morgan fingerprint density at radius 1 is 1.50 bits per heavy atom. The molecule has 0 amide bonds. The highest BCUT2D eigenvalue weighted by molar-refractivity contribution is 5.73. The maximum atomic E-state index is 13.4. The van der Waals surface area contributed by atoms with Gasteiger partial charge in [-0.1, -0.05) is 35.4 Å². The van der Waals surface area contributed by atoms with Crippen molar-refractivity contribution in [3.05, 3.63) is 46.3 Å². The quantitative estimate of drug-likeness (QED) is 0.458. The molecule has 1 rings (SSSR count). The van der Waals surface area contributed by atoms with Crippen LogP contribution in [-0.4, -0.2) is 29.9 Å². The number of benzene rings is 1. The zero-order valence-corrected chi connectivity index (χ0v) is 9.44. The van der Waals surface area contributed by atoms with Gasteiger partial charge >= 0.3 is 5.97 Å². The van der Waals surface area contributed by atoms with Crippen molar-refractivity contribution in [3.8, 4) is 0 Å². The van der Waals surface area contributed by atoms with Crippen molar-refractivity contribution >= 4 is 5.97 Å². The summed E-state index contributed by atoms with van der Waals surface area (Å²) in [5.41, 5.74) is 8.78. The lowest BCUT2D eigenvalue weighted by atomic mass is 10.2.